The van der Waals surface area contributed by atoms with E-state index >= 15 is 4.39 Å². The molecule has 0 spiro atoms. The number of carbonyl (C=O) groups excluding carboxylic acids is 2. The van der Waals surface area contributed by atoms with Crippen LogP contribution in [0.2, 0.25) is 0 Å². The van der Waals surface area contributed by atoms with Crippen LogP contribution in [0.25, 0.3) is 5.57 Å². The first-order chi connectivity index (χ1) is 29.8. The Balaban J connectivity index is 1.10. The van der Waals surface area contributed by atoms with Gasteiger partial charge in [-0.25, -0.2) is 19.2 Å². The van der Waals surface area contributed by atoms with Gasteiger partial charge in [0.2, 0.25) is 5.91 Å². The summed E-state index contributed by atoms with van der Waals surface area (Å²) in [5.41, 5.74) is 6.96. The molecule has 17 heteroatoms. The number of hydrogen-bond acceptors (Lipinski definition) is 11. The highest BCUT2D eigenvalue weighted by Crippen LogP contribution is 2.35. The standard InChI is InChI=1S/C45H54F4N8O5/c1-45(2,27-46)41(55-44(60)61-3)42(59)54-38(39(58)22-51-20-32-12-11-31(17-37(32)47)33(18-50)21-53-43(48)49)16-29-7-4-28(5-8-29)6-9-30-10-15-40(52-19-30)56-23-34-13-14-35(24-56)57(34)36-25-62-26-36/h4-5,7-8,10-12,15,17-19,21,34-36,38-39,41,43,51,58H,13-14,16,20,22-27,50H2,1-3H3,(H,54,59)(H,55,60)/t34?,35?,38-,39-,41?/m0/s1. The maximum atomic E-state index is 15.1. The van der Waals surface area contributed by atoms with E-state index in [-0.39, 0.29) is 36.2 Å². The van der Waals surface area contributed by atoms with Crippen molar-refractivity contribution in [3.8, 4) is 11.8 Å². The number of carbonyl (C=O) groups is 2. The predicted molar refractivity (Wildman–Crippen MR) is 228 cm³/mol. The number of anilines is 1. The number of benzene rings is 2. The number of nitrogens with one attached hydrogen (secondary N) is 3. The lowest BCUT2D eigenvalue weighted by molar-refractivity contribution is -0.127. The van der Waals surface area contributed by atoms with Crippen molar-refractivity contribution in [2.24, 2.45) is 16.1 Å². The Hall–Kier alpha value is -5.54. The molecule has 0 aliphatic carbocycles. The molecule has 0 saturated carbocycles. The van der Waals surface area contributed by atoms with Gasteiger partial charge in [-0.2, -0.15) is 8.78 Å². The summed E-state index contributed by atoms with van der Waals surface area (Å²) < 4.78 is 64.5. The third kappa shape index (κ3) is 11.7. The number of halogens is 4. The molecular weight excluding hydrogens is 809 g/mol. The van der Waals surface area contributed by atoms with Crippen molar-refractivity contribution in [1.82, 2.24) is 25.8 Å². The molecule has 6 rings (SSSR count). The number of aliphatic hydroxyl groups is 1. The van der Waals surface area contributed by atoms with Crippen molar-refractivity contribution >= 4 is 29.6 Å². The van der Waals surface area contributed by atoms with E-state index in [0.29, 0.717) is 18.1 Å². The summed E-state index contributed by atoms with van der Waals surface area (Å²) in [7, 11) is 1.12. The molecule has 3 aliphatic rings. The van der Waals surface area contributed by atoms with Gasteiger partial charge in [0.05, 0.1) is 45.2 Å². The van der Waals surface area contributed by atoms with Crippen molar-refractivity contribution in [1.29, 1.82) is 0 Å². The largest absolute Gasteiger partial charge is 0.453 e. The molecule has 332 valence electrons. The van der Waals surface area contributed by atoms with Crippen molar-refractivity contribution < 1.29 is 41.7 Å². The van der Waals surface area contributed by atoms with Gasteiger partial charge in [0, 0.05) is 84.6 Å². The first-order valence-corrected chi connectivity index (χ1v) is 20.6. The van der Waals surface area contributed by atoms with Gasteiger partial charge >= 0.3 is 12.6 Å². The van der Waals surface area contributed by atoms with Crippen LogP contribution < -0.4 is 26.6 Å². The van der Waals surface area contributed by atoms with Crippen molar-refractivity contribution in [3.63, 3.8) is 0 Å². The zero-order valence-electron chi connectivity index (χ0n) is 35.0. The normalized spacial score (nSPS) is 19.7. The minimum Gasteiger partial charge on any atom is -0.453 e. The molecule has 2 aromatic carbocycles. The maximum absolute atomic E-state index is 15.1. The fourth-order valence-electron chi connectivity index (χ4n) is 8.02. The zero-order valence-corrected chi connectivity index (χ0v) is 35.0. The second-order valence-corrected chi connectivity index (χ2v) is 16.5. The molecule has 13 nitrogen and oxygen atoms in total. The highest BCUT2D eigenvalue weighted by molar-refractivity contribution is 6.09. The second-order valence-electron chi connectivity index (χ2n) is 16.5. The van der Waals surface area contributed by atoms with E-state index in [1.54, 1.807) is 6.20 Å². The quantitative estimate of drug-likeness (QED) is 0.0576. The van der Waals surface area contributed by atoms with Gasteiger partial charge in [0.15, 0.2) is 0 Å². The lowest BCUT2D eigenvalue weighted by Crippen LogP contribution is -2.62. The molecule has 1 aromatic heterocycles. The predicted octanol–water partition coefficient (Wildman–Crippen LogP) is 4.16. The molecule has 62 heavy (non-hydrogen) atoms. The number of piperazine rings is 1. The fourth-order valence-corrected chi connectivity index (χ4v) is 8.02. The molecule has 2 amide bonds. The molecule has 3 unspecified atom stereocenters. The van der Waals surface area contributed by atoms with Crippen LogP contribution >= 0.6 is 0 Å². The third-order valence-electron chi connectivity index (χ3n) is 11.6. The van der Waals surface area contributed by atoms with E-state index in [4.69, 9.17) is 15.5 Å². The van der Waals surface area contributed by atoms with Crippen LogP contribution in [0.15, 0.2) is 72.0 Å². The third-order valence-corrected chi connectivity index (χ3v) is 11.6. The average Bonchev–Trinajstić information content (AvgIpc) is 3.47. The first kappa shape index (κ1) is 46.0. The Bertz CT molecular complexity index is 2110. The Morgan fingerprint density at radius 3 is 2.32 bits per heavy atom. The summed E-state index contributed by atoms with van der Waals surface area (Å²) in [4.78, 5) is 38.6. The summed E-state index contributed by atoms with van der Waals surface area (Å²) >= 11 is 0. The Morgan fingerprint density at radius 2 is 1.74 bits per heavy atom. The number of fused-ring (bicyclic) bond motifs is 2. The molecule has 3 aromatic rings. The molecule has 4 heterocycles. The van der Waals surface area contributed by atoms with Gasteiger partial charge in [0.1, 0.15) is 17.7 Å². The Labute approximate surface area is 359 Å². The van der Waals surface area contributed by atoms with E-state index in [9.17, 15) is 27.9 Å². The van der Waals surface area contributed by atoms with Gasteiger partial charge in [-0.15, -0.1) is 0 Å². The van der Waals surface area contributed by atoms with Crippen LogP contribution in [-0.4, -0.2) is 123 Å². The second kappa shape index (κ2) is 21.0. The number of aromatic nitrogens is 1. The molecule has 5 atom stereocenters. The summed E-state index contributed by atoms with van der Waals surface area (Å²) in [6.45, 7) is 2.44. The highest BCUT2D eigenvalue weighted by atomic mass is 19.3. The van der Waals surface area contributed by atoms with E-state index in [1.807, 2.05) is 36.4 Å². The fraction of sp³-hybridized carbons (Fsp3) is 0.467. The number of aliphatic hydroxyl groups excluding tert-OH is 1. The number of allylic oxidation sites excluding steroid dienone is 1. The number of rotatable bonds is 17. The number of nitrogens with two attached hydrogens (primary N) is 1. The van der Waals surface area contributed by atoms with Crippen molar-refractivity contribution in [2.45, 2.75) is 82.5 Å². The van der Waals surface area contributed by atoms with Crippen molar-refractivity contribution in [2.75, 3.05) is 51.5 Å². The van der Waals surface area contributed by atoms with Gasteiger partial charge in [-0.1, -0.05) is 50.0 Å². The molecule has 6 N–H and O–H groups in total. The molecule has 2 bridgehead atoms. The zero-order chi connectivity index (χ0) is 44.4. The smallest absolute Gasteiger partial charge is 0.407 e. The number of aliphatic imine (C=N–C) groups is 1. The Morgan fingerprint density at radius 1 is 1.05 bits per heavy atom. The number of alkyl halides is 3. The van der Waals surface area contributed by atoms with Gasteiger partial charge in [0.25, 0.3) is 0 Å². The van der Waals surface area contributed by atoms with Gasteiger partial charge in [-0.05, 0) is 60.7 Å². The van der Waals surface area contributed by atoms with Crippen molar-refractivity contribution in [3.05, 3.63) is 101 Å². The highest BCUT2D eigenvalue weighted by Gasteiger charge is 2.45. The minimum absolute atomic E-state index is 0.0435. The summed E-state index contributed by atoms with van der Waals surface area (Å²) in [6, 6.07) is 14.6. The van der Waals surface area contributed by atoms with Gasteiger partial charge < -0.3 is 41.2 Å². The average molecular weight is 863 g/mol. The summed E-state index contributed by atoms with van der Waals surface area (Å²) in [6.07, 6.45) is 4.02. The molecular formula is C45H54F4N8O5. The summed E-state index contributed by atoms with van der Waals surface area (Å²) in [5, 5.41) is 19.6. The lowest BCUT2D eigenvalue weighted by Gasteiger charge is -2.47. The van der Waals surface area contributed by atoms with Crippen LogP contribution in [0, 0.1) is 23.1 Å². The van der Waals surface area contributed by atoms with Crippen LogP contribution in [-0.2, 0) is 27.2 Å². The Kier molecular flexibility index (Phi) is 15.6. The van der Waals surface area contributed by atoms with Crippen LogP contribution in [0.5, 0.6) is 0 Å². The molecule has 3 aliphatic heterocycles. The molecule has 3 saturated heterocycles. The van der Waals surface area contributed by atoms with E-state index in [1.165, 1.54) is 38.8 Å². The number of nitrogens with zero attached hydrogens (tertiary/aromatic N) is 4. The SMILES string of the molecule is COC(=O)NC(C(=O)N[C@@H](Cc1ccc(C#Cc2ccc(N3CC4CCC(C3)N4C3COC3)nc2)cc1)[C@@H](O)CNCc1ccc(C(C=NC(F)F)=CN)cc1F)C(C)(C)CF. The lowest BCUT2D eigenvalue weighted by atomic mass is 9.85. The number of methoxy groups -OCH3 is 1. The van der Waals surface area contributed by atoms with E-state index in [0.717, 1.165) is 74.4 Å². The van der Waals surface area contributed by atoms with Crippen LogP contribution in [0.1, 0.15) is 54.5 Å². The molecule has 0 radical (unpaired) electrons. The number of hydrogen-bond donors (Lipinski definition) is 5. The monoisotopic (exact) mass is 862 g/mol. The van der Waals surface area contributed by atoms with E-state index in [2.05, 4.69) is 47.3 Å². The topological polar surface area (TPSA) is 167 Å². The number of amides is 2. The van der Waals surface area contributed by atoms with Crippen LogP contribution in [0.3, 0.4) is 0 Å². The number of alkyl carbamates (subject to hydrolysis) is 1. The first-order valence-electron chi connectivity index (χ1n) is 20.6. The van der Waals surface area contributed by atoms with Gasteiger partial charge in [-0.3, -0.25) is 14.1 Å². The molecule has 3 fully saturated rings. The van der Waals surface area contributed by atoms with Crippen LogP contribution in [0.4, 0.5) is 28.2 Å². The maximum Gasteiger partial charge on any atom is 0.407 e. The minimum atomic E-state index is -2.95. The summed E-state index contributed by atoms with van der Waals surface area (Å²) in [5.74, 6) is 5.88. The van der Waals surface area contributed by atoms with E-state index < -0.39 is 54.6 Å². The number of pyridine rings is 1. The number of ether oxygens (including phenoxy) is 2.